The first kappa shape index (κ1) is 16.5. The minimum absolute atomic E-state index is 0.358. The van der Waals surface area contributed by atoms with Crippen LogP contribution >= 0.6 is 11.6 Å². The molecule has 27 heavy (non-hydrogen) atoms. The molecule has 0 atom stereocenters. The van der Waals surface area contributed by atoms with Crippen LogP contribution in [0.1, 0.15) is 18.4 Å². The lowest BCUT2D eigenvalue weighted by Crippen LogP contribution is -2.61. The Morgan fingerprint density at radius 1 is 1.26 bits per heavy atom. The second-order valence-corrected chi connectivity index (χ2v) is 7.93. The summed E-state index contributed by atoms with van der Waals surface area (Å²) >= 11 is 6.57. The number of rotatable bonds is 2. The number of hydrogen-bond donors (Lipinski definition) is 2. The highest BCUT2D eigenvalue weighted by Gasteiger charge is 2.41. The third kappa shape index (κ3) is 2.66. The van der Waals surface area contributed by atoms with E-state index in [0.29, 0.717) is 16.1 Å². The second-order valence-electron chi connectivity index (χ2n) is 7.56. The number of nitrogens with zero attached hydrogens (tertiary/aromatic N) is 4. The number of halogens is 1. The quantitative estimate of drug-likeness (QED) is 0.714. The molecule has 1 spiro atoms. The molecule has 0 amide bonds. The van der Waals surface area contributed by atoms with Gasteiger partial charge in [-0.25, -0.2) is 9.97 Å². The van der Waals surface area contributed by atoms with E-state index in [1.807, 2.05) is 18.2 Å². The predicted molar refractivity (Wildman–Crippen MR) is 106 cm³/mol. The molecule has 2 aliphatic rings. The number of aromatic nitrogens is 3. The first-order valence-electron chi connectivity index (χ1n) is 9.17. The molecule has 2 aliphatic heterocycles. The van der Waals surface area contributed by atoms with Crippen LogP contribution in [0.3, 0.4) is 0 Å². The Morgan fingerprint density at radius 2 is 2.15 bits per heavy atom. The zero-order valence-electron chi connectivity index (χ0n) is 14.8. The molecule has 6 nitrogen and oxygen atoms in total. The molecule has 136 valence electrons. The average Bonchev–Trinajstić information content (AvgIpc) is 3.02. The van der Waals surface area contributed by atoms with Crippen molar-refractivity contribution < 1.29 is 0 Å². The summed E-state index contributed by atoms with van der Waals surface area (Å²) in [5.41, 5.74) is 3.46. The standard InChI is InChI=1S/C20H19ClN6/c21-17-15(14-4-1-3-13(7-14)8-22)16-18(26-17)24-12-25-19(16)27-6-2-5-20(11-27)9-23-10-20/h1,3-4,7,12,23H,2,5-6,9-11H2,(H,24,25,26). The lowest BCUT2D eigenvalue weighted by molar-refractivity contribution is 0.138. The van der Waals surface area contributed by atoms with Crippen LogP contribution in [0.15, 0.2) is 30.6 Å². The van der Waals surface area contributed by atoms with Crippen molar-refractivity contribution in [3.8, 4) is 17.2 Å². The normalized spacial score (nSPS) is 18.4. The summed E-state index contributed by atoms with van der Waals surface area (Å²) in [5.74, 6) is 0.923. The van der Waals surface area contributed by atoms with Crippen LogP contribution in [0, 0.1) is 16.7 Å². The highest BCUT2D eigenvalue weighted by atomic mass is 35.5. The Kier molecular flexibility index (Phi) is 3.81. The summed E-state index contributed by atoms with van der Waals surface area (Å²) in [6.07, 6.45) is 4.01. The van der Waals surface area contributed by atoms with Crippen LogP contribution in [-0.4, -0.2) is 41.1 Å². The van der Waals surface area contributed by atoms with E-state index in [2.05, 4.69) is 31.2 Å². The Labute approximate surface area is 162 Å². The van der Waals surface area contributed by atoms with Gasteiger partial charge in [0.1, 0.15) is 22.9 Å². The van der Waals surface area contributed by atoms with E-state index < -0.39 is 0 Å². The van der Waals surface area contributed by atoms with Crippen molar-refractivity contribution in [2.45, 2.75) is 12.8 Å². The van der Waals surface area contributed by atoms with Crippen molar-refractivity contribution in [1.29, 1.82) is 5.26 Å². The van der Waals surface area contributed by atoms with E-state index >= 15 is 0 Å². The molecule has 5 rings (SSSR count). The number of fused-ring (bicyclic) bond motifs is 1. The SMILES string of the molecule is N#Cc1cccc(-c2c(Cl)[nH]c3ncnc(N4CCCC5(CNC5)C4)c23)c1. The highest BCUT2D eigenvalue weighted by Crippen LogP contribution is 2.42. The molecule has 7 heteroatoms. The van der Waals surface area contributed by atoms with Crippen LogP contribution in [-0.2, 0) is 0 Å². The monoisotopic (exact) mass is 378 g/mol. The van der Waals surface area contributed by atoms with Gasteiger partial charge in [-0.05, 0) is 30.5 Å². The van der Waals surface area contributed by atoms with Gasteiger partial charge >= 0.3 is 0 Å². The van der Waals surface area contributed by atoms with Crippen molar-refractivity contribution in [2.24, 2.45) is 5.41 Å². The number of H-pyrrole nitrogens is 1. The predicted octanol–water partition coefficient (Wildman–Crippen LogP) is 3.34. The lowest BCUT2D eigenvalue weighted by Gasteiger charge is -2.49. The maximum Gasteiger partial charge on any atom is 0.144 e. The van der Waals surface area contributed by atoms with Crippen LogP contribution in [0.2, 0.25) is 5.15 Å². The van der Waals surface area contributed by atoms with Crippen molar-refractivity contribution in [1.82, 2.24) is 20.3 Å². The van der Waals surface area contributed by atoms with E-state index in [4.69, 9.17) is 11.6 Å². The van der Waals surface area contributed by atoms with Crippen LogP contribution in [0.25, 0.3) is 22.2 Å². The van der Waals surface area contributed by atoms with E-state index in [9.17, 15) is 5.26 Å². The summed E-state index contributed by atoms with van der Waals surface area (Å²) in [4.78, 5) is 14.6. The second kappa shape index (κ2) is 6.22. The fourth-order valence-electron chi connectivity index (χ4n) is 4.39. The van der Waals surface area contributed by atoms with Gasteiger partial charge < -0.3 is 15.2 Å². The smallest absolute Gasteiger partial charge is 0.144 e. The van der Waals surface area contributed by atoms with Crippen LogP contribution < -0.4 is 10.2 Å². The van der Waals surface area contributed by atoms with Gasteiger partial charge in [0.05, 0.1) is 17.0 Å². The van der Waals surface area contributed by atoms with Crippen molar-refractivity contribution in [3.05, 3.63) is 41.3 Å². The number of piperidine rings is 1. The molecule has 0 unspecified atom stereocenters. The number of nitriles is 1. The van der Waals surface area contributed by atoms with E-state index in [1.54, 1.807) is 12.4 Å². The minimum Gasteiger partial charge on any atom is -0.355 e. The van der Waals surface area contributed by atoms with Gasteiger partial charge in [-0.15, -0.1) is 0 Å². The summed E-state index contributed by atoms with van der Waals surface area (Å²) in [5, 5.41) is 14.1. The molecule has 1 aromatic carbocycles. The molecule has 0 aliphatic carbocycles. The summed E-state index contributed by atoms with van der Waals surface area (Å²) in [6, 6.07) is 9.70. The topological polar surface area (TPSA) is 80.6 Å². The summed E-state index contributed by atoms with van der Waals surface area (Å²) in [6.45, 7) is 4.12. The molecule has 2 fully saturated rings. The van der Waals surface area contributed by atoms with Gasteiger partial charge in [-0.2, -0.15) is 5.26 Å². The van der Waals surface area contributed by atoms with E-state index in [0.717, 1.165) is 60.6 Å². The van der Waals surface area contributed by atoms with Crippen molar-refractivity contribution in [2.75, 3.05) is 31.1 Å². The third-order valence-corrected chi connectivity index (χ3v) is 6.05. The van der Waals surface area contributed by atoms with E-state index in [1.165, 1.54) is 6.42 Å². The molecular formula is C20H19ClN6. The first-order valence-corrected chi connectivity index (χ1v) is 9.55. The Morgan fingerprint density at radius 3 is 2.93 bits per heavy atom. The minimum atomic E-state index is 0.358. The van der Waals surface area contributed by atoms with Crippen molar-refractivity contribution in [3.63, 3.8) is 0 Å². The molecule has 2 aromatic heterocycles. The lowest BCUT2D eigenvalue weighted by atomic mass is 9.75. The molecule has 0 saturated carbocycles. The van der Waals surface area contributed by atoms with Gasteiger partial charge in [-0.1, -0.05) is 23.7 Å². The highest BCUT2D eigenvalue weighted by molar-refractivity contribution is 6.35. The van der Waals surface area contributed by atoms with Gasteiger partial charge in [0.2, 0.25) is 0 Å². The number of hydrogen-bond acceptors (Lipinski definition) is 5. The number of anilines is 1. The molecule has 0 bridgehead atoms. The third-order valence-electron chi connectivity index (χ3n) is 5.77. The van der Waals surface area contributed by atoms with Gasteiger partial charge in [0.25, 0.3) is 0 Å². The van der Waals surface area contributed by atoms with Gasteiger partial charge in [0, 0.05) is 37.2 Å². The molecule has 2 N–H and O–H groups in total. The number of benzene rings is 1. The summed E-state index contributed by atoms with van der Waals surface area (Å²) < 4.78 is 0. The Balaban J connectivity index is 1.66. The Bertz CT molecular complexity index is 1060. The number of nitrogens with one attached hydrogen (secondary N) is 2. The number of aromatic amines is 1. The zero-order chi connectivity index (χ0) is 18.4. The maximum atomic E-state index is 9.26. The molecule has 2 saturated heterocycles. The average molecular weight is 379 g/mol. The largest absolute Gasteiger partial charge is 0.355 e. The fraction of sp³-hybridized carbons (Fsp3) is 0.350. The molecule has 3 aromatic rings. The van der Waals surface area contributed by atoms with Gasteiger partial charge in [-0.3, -0.25) is 0 Å². The molecular weight excluding hydrogens is 360 g/mol. The van der Waals surface area contributed by atoms with Crippen LogP contribution in [0.4, 0.5) is 5.82 Å². The van der Waals surface area contributed by atoms with E-state index in [-0.39, 0.29) is 0 Å². The maximum absolute atomic E-state index is 9.26. The summed E-state index contributed by atoms with van der Waals surface area (Å²) in [7, 11) is 0. The molecule has 4 heterocycles. The zero-order valence-corrected chi connectivity index (χ0v) is 15.6. The van der Waals surface area contributed by atoms with Crippen LogP contribution in [0.5, 0.6) is 0 Å². The first-order chi connectivity index (χ1) is 13.2. The fourth-order valence-corrected chi connectivity index (χ4v) is 4.68. The van der Waals surface area contributed by atoms with Crippen molar-refractivity contribution >= 4 is 28.5 Å². The molecule has 0 radical (unpaired) electrons. The van der Waals surface area contributed by atoms with Gasteiger partial charge in [0.15, 0.2) is 0 Å². The Hall–Kier alpha value is -2.62.